The predicted molar refractivity (Wildman–Crippen MR) is 89.7 cm³/mol. The van der Waals surface area contributed by atoms with Crippen LogP contribution in [0.3, 0.4) is 0 Å². The minimum Gasteiger partial charge on any atom is -0.423 e. The minimum atomic E-state index is -0.481. The van der Waals surface area contributed by atoms with E-state index >= 15 is 0 Å². The highest BCUT2D eigenvalue weighted by Gasteiger charge is 2.17. The van der Waals surface area contributed by atoms with Crippen molar-refractivity contribution in [3.8, 4) is 11.4 Å². The average molecular weight is 320 g/mol. The standard InChI is InChI=1S/C19H16N2O3/c1-13-18(12-20-21(13)16-6-4-3-5-7-16)19(23)24-17-10-8-15(9-11-17)14(2)22/h3-12H,1-2H3. The first kappa shape index (κ1) is 15.7. The fourth-order valence-corrected chi connectivity index (χ4v) is 2.36. The monoisotopic (exact) mass is 320 g/mol. The molecule has 5 heteroatoms. The molecule has 120 valence electrons. The zero-order chi connectivity index (χ0) is 17.1. The van der Waals surface area contributed by atoms with Crippen LogP contribution >= 0.6 is 0 Å². The molecule has 0 saturated heterocycles. The number of ether oxygens (including phenoxy) is 1. The zero-order valence-corrected chi connectivity index (χ0v) is 13.4. The Hall–Kier alpha value is -3.21. The van der Waals surface area contributed by atoms with Gasteiger partial charge in [0, 0.05) is 5.56 Å². The van der Waals surface area contributed by atoms with Crippen molar-refractivity contribution < 1.29 is 14.3 Å². The molecule has 0 aliphatic heterocycles. The molecule has 0 atom stereocenters. The molecule has 24 heavy (non-hydrogen) atoms. The van der Waals surface area contributed by atoms with Gasteiger partial charge < -0.3 is 4.74 Å². The first-order valence-electron chi connectivity index (χ1n) is 7.49. The summed E-state index contributed by atoms with van der Waals surface area (Å²) < 4.78 is 7.05. The quantitative estimate of drug-likeness (QED) is 0.418. The van der Waals surface area contributed by atoms with Gasteiger partial charge in [-0.2, -0.15) is 5.10 Å². The molecular weight excluding hydrogens is 304 g/mol. The minimum absolute atomic E-state index is 0.0344. The molecule has 0 amide bonds. The molecule has 2 aromatic carbocycles. The van der Waals surface area contributed by atoms with Crippen molar-refractivity contribution in [1.29, 1.82) is 0 Å². The van der Waals surface area contributed by atoms with Crippen LogP contribution in [0.4, 0.5) is 0 Å². The van der Waals surface area contributed by atoms with E-state index in [1.165, 1.54) is 13.1 Å². The summed E-state index contributed by atoms with van der Waals surface area (Å²) in [4.78, 5) is 23.6. The van der Waals surface area contributed by atoms with E-state index in [2.05, 4.69) is 5.10 Å². The fourth-order valence-electron chi connectivity index (χ4n) is 2.36. The summed E-state index contributed by atoms with van der Waals surface area (Å²) in [6.07, 6.45) is 1.49. The second-order valence-corrected chi connectivity index (χ2v) is 5.36. The van der Waals surface area contributed by atoms with E-state index in [1.54, 1.807) is 28.9 Å². The van der Waals surface area contributed by atoms with Gasteiger partial charge in [-0.15, -0.1) is 0 Å². The number of Topliss-reactive ketones (excluding diaryl/α,β-unsaturated/α-hetero) is 1. The number of carbonyl (C=O) groups excluding carboxylic acids is 2. The molecule has 0 spiro atoms. The van der Waals surface area contributed by atoms with E-state index in [4.69, 9.17) is 4.74 Å². The van der Waals surface area contributed by atoms with Crippen molar-refractivity contribution in [3.63, 3.8) is 0 Å². The molecule has 0 unspecified atom stereocenters. The number of aromatic nitrogens is 2. The van der Waals surface area contributed by atoms with Crippen LogP contribution in [0.5, 0.6) is 5.75 Å². The van der Waals surface area contributed by atoms with Crippen molar-refractivity contribution in [2.24, 2.45) is 0 Å². The Balaban J connectivity index is 1.81. The summed E-state index contributed by atoms with van der Waals surface area (Å²) in [5.41, 5.74) is 2.55. The Morgan fingerprint density at radius 3 is 2.29 bits per heavy atom. The van der Waals surface area contributed by atoms with Crippen molar-refractivity contribution >= 4 is 11.8 Å². The maximum absolute atomic E-state index is 12.4. The maximum Gasteiger partial charge on any atom is 0.347 e. The van der Waals surface area contributed by atoms with Gasteiger partial charge in [0.2, 0.25) is 0 Å². The van der Waals surface area contributed by atoms with Gasteiger partial charge in [-0.25, -0.2) is 9.48 Å². The Bertz CT molecular complexity index is 881. The predicted octanol–water partition coefficient (Wildman–Crippen LogP) is 3.60. The SMILES string of the molecule is CC(=O)c1ccc(OC(=O)c2cnn(-c3ccccc3)c2C)cc1. The number of carbonyl (C=O) groups is 2. The van der Waals surface area contributed by atoms with Crippen LogP contribution in [0, 0.1) is 6.92 Å². The number of esters is 1. The van der Waals surface area contributed by atoms with Crippen LogP contribution in [0.1, 0.15) is 33.3 Å². The molecule has 3 rings (SSSR count). The second kappa shape index (κ2) is 6.50. The van der Waals surface area contributed by atoms with Gasteiger partial charge in [-0.05, 0) is 50.2 Å². The zero-order valence-electron chi connectivity index (χ0n) is 13.4. The molecule has 0 aliphatic carbocycles. The number of rotatable bonds is 4. The highest BCUT2D eigenvalue weighted by molar-refractivity contribution is 5.94. The molecule has 0 saturated carbocycles. The fraction of sp³-hybridized carbons (Fsp3) is 0.105. The molecule has 1 heterocycles. The maximum atomic E-state index is 12.4. The summed E-state index contributed by atoms with van der Waals surface area (Å²) >= 11 is 0. The summed E-state index contributed by atoms with van der Waals surface area (Å²) in [7, 11) is 0. The number of benzene rings is 2. The Kier molecular flexibility index (Phi) is 4.24. The van der Waals surface area contributed by atoms with Crippen molar-refractivity contribution in [2.45, 2.75) is 13.8 Å². The van der Waals surface area contributed by atoms with Crippen molar-refractivity contribution in [3.05, 3.63) is 77.6 Å². The third-order valence-corrected chi connectivity index (χ3v) is 3.70. The first-order chi connectivity index (χ1) is 11.6. The van der Waals surface area contributed by atoms with E-state index in [0.29, 0.717) is 22.6 Å². The smallest absolute Gasteiger partial charge is 0.347 e. The van der Waals surface area contributed by atoms with Gasteiger partial charge in [-0.1, -0.05) is 18.2 Å². The van der Waals surface area contributed by atoms with Crippen LogP contribution in [0.15, 0.2) is 60.8 Å². The summed E-state index contributed by atoms with van der Waals surface area (Å²) in [6.45, 7) is 3.30. The number of hydrogen-bond donors (Lipinski definition) is 0. The van der Waals surface area contributed by atoms with Gasteiger partial charge >= 0.3 is 5.97 Å². The van der Waals surface area contributed by atoms with E-state index in [1.807, 2.05) is 37.3 Å². The molecule has 0 aliphatic rings. The molecular formula is C19H16N2O3. The number of ketones is 1. The van der Waals surface area contributed by atoms with E-state index in [9.17, 15) is 9.59 Å². The molecule has 0 N–H and O–H groups in total. The highest BCUT2D eigenvalue weighted by Crippen LogP contribution is 2.18. The summed E-state index contributed by atoms with van der Waals surface area (Å²) in [5, 5.41) is 4.26. The first-order valence-corrected chi connectivity index (χ1v) is 7.49. The lowest BCUT2D eigenvalue weighted by atomic mass is 10.1. The second-order valence-electron chi connectivity index (χ2n) is 5.36. The van der Waals surface area contributed by atoms with Crippen LogP contribution in [-0.2, 0) is 0 Å². The lowest BCUT2D eigenvalue weighted by Crippen LogP contribution is -2.10. The van der Waals surface area contributed by atoms with Crippen LogP contribution in [0.2, 0.25) is 0 Å². The van der Waals surface area contributed by atoms with Crippen molar-refractivity contribution in [2.75, 3.05) is 0 Å². The molecule has 0 fully saturated rings. The Morgan fingerprint density at radius 2 is 1.67 bits per heavy atom. The van der Waals surface area contributed by atoms with E-state index in [-0.39, 0.29) is 5.78 Å². The number of para-hydroxylation sites is 1. The number of nitrogens with zero attached hydrogens (tertiary/aromatic N) is 2. The number of hydrogen-bond acceptors (Lipinski definition) is 4. The average Bonchev–Trinajstić information content (AvgIpc) is 2.98. The van der Waals surface area contributed by atoms with E-state index < -0.39 is 5.97 Å². The van der Waals surface area contributed by atoms with Crippen LogP contribution in [0.25, 0.3) is 5.69 Å². The molecule has 0 bridgehead atoms. The molecule has 0 radical (unpaired) electrons. The lowest BCUT2D eigenvalue weighted by molar-refractivity contribution is 0.0734. The molecule has 3 aromatic rings. The Morgan fingerprint density at radius 1 is 1.00 bits per heavy atom. The summed E-state index contributed by atoms with van der Waals surface area (Å²) in [6, 6.07) is 16.0. The van der Waals surface area contributed by atoms with Crippen LogP contribution in [-0.4, -0.2) is 21.5 Å². The highest BCUT2D eigenvalue weighted by atomic mass is 16.5. The Labute approximate surface area is 139 Å². The van der Waals surface area contributed by atoms with Gasteiger partial charge in [-0.3, -0.25) is 4.79 Å². The normalized spacial score (nSPS) is 10.4. The molecule has 1 aromatic heterocycles. The third kappa shape index (κ3) is 3.10. The van der Waals surface area contributed by atoms with E-state index in [0.717, 1.165) is 5.69 Å². The largest absolute Gasteiger partial charge is 0.423 e. The molecule has 5 nitrogen and oxygen atoms in total. The van der Waals surface area contributed by atoms with Gasteiger partial charge in [0.05, 0.1) is 17.6 Å². The topological polar surface area (TPSA) is 61.2 Å². The third-order valence-electron chi connectivity index (χ3n) is 3.70. The van der Waals surface area contributed by atoms with Gasteiger partial charge in [0.25, 0.3) is 0 Å². The lowest BCUT2D eigenvalue weighted by Gasteiger charge is -2.06. The van der Waals surface area contributed by atoms with Gasteiger partial charge in [0.1, 0.15) is 11.3 Å². The van der Waals surface area contributed by atoms with Crippen molar-refractivity contribution in [1.82, 2.24) is 9.78 Å². The van der Waals surface area contributed by atoms with Crippen LogP contribution < -0.4 is 4.74 Å². The summed E-state index contributed by atoms with van der Waals surface area (Å²) in [5.74, 6) is -0.130. The van der Waals surface area contributed by atoms with Gasteiger partial charge in [0.15, 0.2) is 5.78 Å².